The number of methoxy groups -OCH3 is 1. The fourth-order valence-electron chi connectivity index (χ4n) is 3.24. The van der Waals surface area contributed by atoms with Crippen molar-refractivity contribution in [3.05, 3.63) is 35.5 Å². The van der Waals surface area contributed by atoms with Gasteiger partial charge in [0.15, 0.2) is 0 Å². The van der Waals surface area contributed by atoms with Gasteiger partial charge in [-0.1, -0.05) is 32.1 Å². The third kappa shape index (κ3) is 4.12. The van der Waals surface area contributed by atoms with Crippen LogP contribution in [0.25, 0.3) is 0 Å². The molecule has 6 heteroatoms. The first-order chi connectivity index (χ1) is 12.3. The topological polar surface area (TPSA) is 78.9 Å². The quantitative estimate of drug-likeness (QED) is 0.331. The number of carbonyl (C=O) groups is 3. The predicted octanol–water partition coefficient (Wildman–Crippen LogP) is 2.53. The molecule has 4 unspecified atom stereocenters. The summed E-state index contributed by atoms with van der Waals surface area (Å²) in [4.78, 5) is 36.1. The molecular formula is C20H26O6. The second-order valence-electron chi connectivity index (χ2n) is 7.01. The number of esters is 2. The van der Waals surface area contributed by atoms with Crippen molar-refractivity contribution < 1.29 is 28.6 Å². The van der Waals surface area contributed by atoms with Crippen molar-refractivity contribution in [2.75, 3.05) is 7.11 Å². The van der Waals surface area contributed by atoms with Crippen LogP contribution in [0.1, 0.15) is 33.6 Å². The Morgan fingerprint density at radius 2 is 2.12 bits per heavy atom. The van der Waals surface area contributed by atoms with E-state index in [4.69, 9.17) is 14.2 Å². The van der Waals surface area contributed by atoms with Crippen molar-refractivity contribution >= 4 is 18.2 Å². The SMILES string of the molecule is C=C1C(=O)OC2C=C(C)CCC=C(C=O)C(OC)C(OC(=O)C(C)C)C12. The number of hydrogen-bond donors (Lipinski definition) is 0. The highest BCUT2D eigenvalue weighted by molar-refractivity contribution is 5.91. The summed E-state index contributed by atoms with van der Waals surface area (Å²) in [5, 5.41) is 0. The van der Waals surface area contributed by atoms with E-state index in [2.05, 4.69) is 6.58 Å². The third-order valence-corrected chi connectivity index (χ3v) is 4.72. The van der Waals surface area contributed by atoms with E-state index in [-0.39, 0.29) is 11.5 Å². The molecule has 0 radical (unpaired) electrons. The molecule has 1 fully saturated rings. The Labute approximate surface area is 153 Å². The van der Waals surface area contributed by atoms with Gasteiger partial charge >= 0.3 is 11.9 Å². The van der Waals surface area contributed by atoms with Gasteiger partial charge in [0.2, 0.25) is 0 Å². The van der Waals surface area contributed by atoms with E-state index in [9.17, 15) is 14.4 Å². The van der Waals surface area contributed by atoms with Gasteiger partial charge in [-0.25, -0.2) is 4.79 Å². The molecule has 0 aromatic carbocycles. The molecular weight excluding hydrogens is 336 g/mol. The normalized spacial score (nSPS) is 29.4. The number of rotatable bonds is 4. The van der Waals surface area contributed by atoms with Crippen LogP contribution in [0.2, 0.25) is 0 Å². The highest BCUT2D eigenvalue weighted by atomic mass is 16.6. The zero-order chi connectivity index (χ0) is 19.4. The smallest absolute Gasteiger partial charge is 0.334 e. The summed E-state index contributed by atoms with van der Waals surface area (Å²) in [6.07, 6.45) is 3.41. The average molecular weight is 362 g/mol. The van der Waals surface area contributed by atoms with Gasteiger partial charge in [-0.3, -0.25) is 9.59 Å². The Hall–Kier alpha value is -2.21. The largest absolute Gasteiger partial charge is 0.458 e. The molecule has 2 rings (SSSR count). The molecule has 1 aliphatic carbocycles. The van der Waals surface area contributed by atoms with Crippen LogP contribution in [0.3, 0.4) is 0 Å². The van der Waals surface area contributed by atoms with E-state index in [1.807, 2.05) is 13.0 Å². The first-order valence-corrected chi connectivity index (χ1v) is 8.75. The Balaban J connectivity index is 2.55. The summed E-state index contributed by atoms with van der Waals surface area (Å²) >= 11 is 0. The second-order valence-corrected chi connectivity index (χ2v) is 7.01. The Kier molecular flexibility index (Phi) is 6.53. The van der Waals surface area contributed by atoms with Crippen molar-refractivity contribution in [1.82, 2.24) is 0 Å². The molecule has 0 bridgehead atoms. The molecule has 0 saturated carbocycles. The standard InChI is InChI=1S/C20H26O6/c1-11(2)19(22)26-18-16-13(4)20(23)25-15(16)9-12(3)7-6-8-14(10-21)17(18)24-5/h8-11,15-18H,4,6-7H2,1-3,5H3. The molecule has 1 heterocycles. The molecule has 1 saturated heterocycles. The first kappa shape index (κ1) is 20.1. The van der Waals surface area contributed by atoms with Gasteiger partial charge in [0.25, 0.3) is 0 Å². The Bertz CT molecular complexity index is 657. The summed E-state index contributed by atoms with van der Waals surface area (Å²) in [6, 6.07) is 0. The second kappa shape index (κ2) is 8.45. The minimum atomic E-state index is -0.891. The van der Waals surface area contributed by atoms with Gasteiger partial charge in [-0.2, -0.15) is 0 Å². The number of aldehydes is 1. The molecule has 4 atom stereocenters. The van der Waals surface area contributed by atoms with Gasteiger partial charge in [-0.05, 0) is 25.8 Å². The van der Waals surface area contributed by atoms with E-state index >= 15 is 0 Å². The van der Waals surface area contributed by atoms with Crippen LogP contribution in [-0.2, 0) is 28.6 Å². The monoisotopic (exact) mass is 362 g/mol. The van der Waals surface area contributed by atoms with E-state index in [0.29, 0.717) is 18.3 Å². The highest BCUT2D eigenvalue weighted by Gasteiger charge is 2.48. The molecule has 26 heavy (non-hydrogen) atoms. The predicted molar refractivity (Wildman–Crippen MR) is 95.2 cm³/mol. The Morgan fingerprint density at radius 3 is 2.69 bits per heavy atom. The van der Waals surface area contributed by atoms with Gasteiger partial charge in [0, 0.05) is 18.3 Å². The number of fused-ring (bicyclic) bond motifs is 1. The molecule has 0 aromatic rings. The van der Waals surface area contributed by atoms with Gasteiger partial charge < -0.3 is 14.2 Å². The van der Waals surface area contributed by atoms with E-state index in [1.54, 1.807) is 19.9 Å². The lowest BCUT2D eigenvalue weighted by atomic mass is 9.83. The fraction of sp³-hybridized carbons (Fsp3) is 0.550. The van der Waals surface area contributed by atoms with E-state index in [1.165, 1.54) is 7.11 Å². The van der Waals surface area contributed by atoms with Crippen molar-refractivity contribution in [1.29, 1.82) is 0 Å². The third-order valence-electron chi connectivity index (χ3n) is 4.72. The van der Waals surface area contributed by atoms with Crippen molar-refractivity contribution in [2.45, 2.75) is 51.9 Å². The molecule has 0 spiro atoms. The fourth-order valence-corrected chi connectivity index (χ4v) is 3.24. The Morgan fingerprint density at radius 1 is 1.42 bits per heavy atom. The summed E-state index contributed by atoms with van der Waals surface area (Å²) in [5.41, 5.74) is 1.62. The number of allylic oxidation sites excluding steroid dienone is 2. The van der Waals surface area contributed by atoms with Crippen LogP contribution in [0.4, 0.5) is 0 Å². The van der Waals surface area contributed by atoms with Crippen LogP contribution < -0.4 is 0 Å². The number of carbonyl (C=O) groups excluding carboxylic acids is 3. The van der Waals surface area contributed by atoms with Crippen molar-refractivity contribution in [2.24, 2.45) is 11.8 Å². The maximum absolute atomic E-state index is 12.3. The van der Waals surface area contributed by atoms with Crippen LogP contribution in [0, 0.1) is 11.8 Å². The molecule has 0 N–H and O–H groups in total. The molecule has 0 aromatic heterocycles. The van der Waals surface area contributed by atoms with Crippen molar-refractivity contribution in [3.63, 3.8) is 0 Å². The zero-order valence-electron chi connectivity index (χ0n) is 15.7. The maximum atomic E-state index is 12.3. The molecule has 142 valence electrons. The lowest BCUT2D eigenvalue weighted by Crippen LogP contribution is -2.44. The van der Waals surface area contributed by atoms with Crippen LogP contribution >= 0.6 is 0 Å². The summed E-state index contributed by atoms with van der Waals surface area (Å²) in [5.74, 6) is -1.95. The molecule has 2 aliphatic rings. The van der Waals surface area contributed by atoms with Crippen LogP contribution in [0.5, 0.6) is 0 Å². The van der Waals surface area contributed by atoms with Gasteiger partial charge in [0.1, 0.15) is 24.6 Å². The number of ether oxygens (including phenoxy) is 3. The van der Waals surface area contributed by atoms with Crippen LogP contribution in [-0.4, -0.2) is 43.6 Å². The molecule has 1 aliphatic heterocycles. The first-order valence-electron chi connectivity index (χ1n) is 8.75. The van der Waals surface area contributed by atoms with E-state index in [0.717, 1.165) is 12.0 Å². The average Bonchev–Trinajstić information content (AvgIpc) is 2.86. The lowest BCUT2D eigenvalue weighted by Gasteiger charge is -2.33. The van der Waals surface area contributed by atoms with Gasteiger partial charge in [0.05, 0.1) is 11.8 Å². The zero-order valence-corrected chi connectivity index (χ0v) is 15.7. The number of hydrogen-bond acceptors (Lipinski definition) is 6. The summed E-state index contributed by atoms with van der Waals surface area (Å²) in [6.45, 7) is 9.20. The molecule has 6 nitrogen and oxygen atoms in total. The highest BCUT2D eigenvalue weighted by Crippen LogP contribution is 2.37. The van der Waals surface area contributed by atoms with Gasteiger partial charge in [-0.15, -0.1) is 0 Å². The summed E-state index contributed by atoms with van der Waals surface area (Å²) < 4.78 is 16.7. The van der Waals surface area contributed by atoms with Crippen LogP contribution in [0.15, 0.2) is 35.5 Å². The molecule has 0 amide bonds. The lowest BCUT2D eigenvalue weighted by molar-refractivity contribution is -0.163. The summed E-state index contributed by atoms with van der Waals surface area (Å²) in [7, 11) is 1.44. The van der Waals surface area contributed by atoms with E-state index < -0.39 is 36.2 Å². The minimum absolute atomic E-state index is 0.216. The minimum Gasteiger partial charge on any atom is -0.458 e. The maximum Gasteiger partial charge on any atom is 0.334 e. The van der Waals surface area contributed by atoms with Crippen molar-refractivity contribution in [3.8, 4) is 0 Å².